The molecule has 24 heavy (non-hydrogen) atoms. The molecule has 1 rings (SSSR count). The molecule has 0 aromatic heterocycles. The molecule has 1 heterocycles. The van der Waals surface area contributed by atoms with Crippen LogP contribution in [0.25, 0.3) is 0 Å². The number of rotatable bonds is 13. The minimum atomic E-state index is -4.42. The van der Waals surface area contributed by atoms with Crippen LogP contribution in [0.4, 0.5) is 0 Å². The van der Waals surface area contributed by atoms with E-state index in [9.17, 15) is 8.42 Å². The average Bonchev–Trinajstić information content (AvgIpc) is 2.53. The Kier molecular flexibility index (Phi) is 10.4. The second-order valence-corrected chi connectivity index (χ2v) is 8.26. The maximum absolute atomic E-state index is 10.6. The van der Waals surface area contributed by atoms with E-state index in [0.29, 0.717) is 13.2 Å². The van der Waals surface area contributed by atoms with Gasteiger partial charge in [0.25, 0.3) is 0 Å². The molecule has 144 valence electrons. The summed E-state index contributed by atoms with van der Waals surface area (Å²) in [7, 11) is -4.42. The Labute approximate surface area is 147 Å². The lowest BCUT2D eigenvalue weighted by atomic mass is 9.93. The van der Waals surface area contributed by atoms with E-state index in [1.165, 1.54) is 51.4 Å². The van der Waals surface area contributed by atoms with Gasteiger partial charge in [-0.25, -0.2) is 4.18 Å². The molecular weight excluding hydrogens is 332 g/mol. The highest BCUT2D eigenvalue weighted by Gasteiger charge is 2.34. The highest BCUT2D eigenvalue weighted by Crippen LogP contribution is 2.27. The Bertz CT molecular complexity index is 415. The molecule has 0 aliphatic carbocycles. The van der Waals surface area contributed by atoms with Gasteiger partial charge in [-0.2, -0.15) is 8.42 Å². The van der Waals surface area contributed by atoms with Crippen LogP contribution in [0.15, 0.2) is 0 Å². The van der Waals surface area contributed by atoms with Crippen molar-refractivity contribution in [3.8, 4) is 0 Å². The summed E-state index contributed by atoms with van der Waals surface area (Å²) < 4.78 is 45.6. The van der Waals surface area contributed by atoms with E-state index in [2.05, 4.69) is 11.1 Å². The summed E-state index contributed by atoms with van der Waals surface area (Å²) in [4.78, 5) is 0. The van der Waals surface area contributed by atoms with Crippen molar-refractivity contribution in [2.45, 2.75) is 84.3 Å². The van der Waals surface area contributed by atoms with E-state index in [1.54, 1.807) is 0 Å². The van der Waals surface area contributed by atoms with E-state index in [-0.39, 0.29) is 12.9 Å². The van der Waals surface area contributed by atoms with Gasteiger partial charge in [0, 0.05) is 5.41 Å². The fraction of sp³-hybridized carbons (Fsp3) is 1.00. The van der Waals surface area contributed by atoms with Gasteiger partial charge in [0.1, 0.15) is 0 Å². The molecule has 0 radical (unpaired) electrons. The van der Waals surface area contributed by atoms with Crippen LogP contribution in [0.1, 0.15) is 78.1 Å². The molecule has 0 aromatic rings. The summed E-state index contributed by atoms with van der Waals surface area (Å²) in [6.45, 7) is 4.64. The zero-order valence-corrected chi connectivity index (χ0v) is 16.0. The highest BCUT2D eigenvalue weighted by atomic mass is 32.3. The van der Waals surface area contributed by atoms with Crippen LogP contribution in [0, 0.1) is 5.41 Å². The van der Waals surface area contributed by atoms with Gasteiger partial charge in [-0.15, -0.1) is 0 Å². The minimum absolute atomic E-state index is 0.142. The van der Waals surface area contributed by atoms with E-state index in [1.807, 2.05) is 6.92 Å². The SMILES string of the molecule is CCCCCCCCCCCC1OCC(C)(COS(=O)(=O)O)CO1. The van der Waals surface area contributed by atoms with Crippen molar-refractivity contribution >= 4 is 10.4 Å². The van der Waals surface area contributed by atoms with Crippen LogP contribution in [0.5, 0.6) is 0 Å². The average molecular weight is 367 g/mol. The van der Waals surface area contributed by atoms with Crippen LogP contribution < -0.4 is 0 Å². The normalized spacial score (nSPS) is 25.0. The van der Waals surface area contributed by atoms with E-state index in [4.69, 9.17) is 14.0 Å². The van der Waals surface area contributed by atoms with Crippen LogP contribution in [0.2, 0.25) is 0 Å². The predicted octanol–water partition coefficient (Wildman–Crippen LogP) is 4.11. The lowest BCUT2D eigenvalue weighted by Crippen LogP contribution is -2.43. The van der Waals surface area contributed by atoms with Gasteiger partial charge >= 0.3 is 10.4 Å². The third-order valence-corrected chi connectivity index (χ3v) is 4.75. The standard InChI is InChI=1S/C17H34O6S/c1-3-4-5-6-7-8-9-10-11-12-16-21-13-17(2,14-22-16)15-23-24(18,19)20/h16H,3-15H2,1-2H3,(H,18,19,20). The predicted molar refractivity (Wildman–Crippen MR) is 93.1 cm³/mol. The molecule has 6 nitrogen and oxygen atoms in total. The Morgan fingerprint density at radius 1 is 1.00 bits per heavy atom. The van der Waals surface area contributed by atoms with Gasteiger partial charge < -0.3 is 9.47 Å². The molecule has 0 atom stereocenters. The highest BCUT2D eigenvalue weighted by molar-refractivity contribution is 7.80. The molecule has 7 heteroatoms. The Hall–Kier alpha value is -0.210. The van der Waals surface area contributed by atoms with Crippen molar-refractivity contribution in [2.75, 3.05) is 19.8 Å². The Morgan fingerprint density at radius 2 is 1.50 bits per heavy atom. The summed E-state index contributed by atoms with van der Waals surface area (Å²) >= 11 is 0. The molecule has 1 aliphatic heterocycles. The number of hydrogen-bond donors (Lipinski definition) is 1. The molecule has 0 spiro atoms. The molecule has 0 saturated carbocycles. The van der Waals surface area contributed by atoms with Gasteiger partial charge in [0.15, 0.2) is 6.29 Å². The first-order valence-corrected chi connectivity index (χ1v) is 10.6. The first kappa shape index (κ1) is 21.8. The van der Waals surface area contributed by atoms with Gasteiger partial charge in [0.2, 0.25) is 0 Å². The largest absolute Gasteiger partial charge is 0.397 e. The molecule has 0 amide bonds. The van der Waals surface area contributed by atoms with Crippen LogP contribution in [-0.2, 0) is 24.1 Å². The fourth-order valence-corrected chi connectivity index (χ4v) is 3.20. The molecule has 1 N–H and O–H groups in total. The quantitative estimate of drug-likeness (QED) is 0.390. The summed E-state index contributed by atoms with van der Waals surface area (Å²) in [5.41, 5.74) is -0.551. The number of unbranched alkanes of at least 4 members (excludes halogenated alkanes) is 8. The van der Waals surface area contributed by atoms with Gasteiger partial charge in [-0.05, 0) is 12.8 Å². The van der Waals surface area contributed by atoms with Crippen molar-refractivity contribution in [1.82, 2.24) is 0 Å². The van der Waals surface area contributed by atoms with Gasteiger partial charge in [0.05, 0.1) is 19.8 Å². The van der Waals surface area contributed by atoms with Crippen molar-refractivity contribution in [2.24, 2.45) is 5.41 Å². The maximum Gasteiger partial charge on any atom is 0.397 e. The third-order valence-electron chi connectivity index (χ3n) is 4.34. The zero-order valence-electron chi connectivity index (χ0n) is 15.2. The summed E-state index contributed by atoms with van der Waals surface area (Å²) in [5.74, 6) is 0. The van der Waals surface area contributed by atoms with E-state index < -0.39 is 15.8 Å². The topological polar surface area (TPSA) is 82.1 Å². The summed E-state index contributed by atoms with van der Waals surface area (Å²) in [5, 5.41) is 0. The van der Waals surface area contributed by atoms with Crippen molar-refractivity contribution < 1.29 is 26.6 Å². The third kappa shape index (κ3) is 10.6. The van der Waals surface area contributed by atoms with Crippen molar-refractivity contribution in [3.05, 3.63) is 0 Å². The Balaban J connectivity index is 2.02. The van der Waals surface area contributed by atoms with Crippen molar-refractivity contribution in [3.63, 3.8) is 0 Å². The molecule has 1 saturated heterocycles. The van der Waals surface area contributed by atoms with Crippen LogP contribution in [0.3, 0.4) is 0 Å². The maximum atomic E-state index is 10.6. The van der Waals surface area contributed by atoms with Gasteiger partial charge in [-0.3, -0.25) is 4.55 Å². The van der Waals surface area contributed by atoms with E-state index >= 15 is 0 Å². The van der Waals surface area contributed by atoms with Crippen LogP contribution >= 0.6 is 0 Å². The molecule has 1 aliphatic rings. The molecular formula is C17H34O6S. The second-order valence-electron chi connectivity index (χ2n) is 7.17. The van der Waals surface area contributed by atoms with Crippen LogP contribution in [-0.4, -0.2) is 39.1 Å². The van der Waals surface area contributed by atoms with Gasteiger partial charge in [-0.1, -0.05) is 65.2 Å². The zero-order chi connectivity index (χ0) is 17.9. The molecule has 0 unspecified atom stereocenters. The van der Waals surface area contributed by atoms with E-state index in [0.717, 1.165) is 12.8 Å². The lowest BCUT2D eigenvalue weighted by Gasteiger charge is -2.36. The molecule has 1 fully saturated rings. The first-order valence-electron chi connectivity index (χ1n) is 9.20. The monoisotopic (exact) mass is 366 g/mol. The van der Waals surface area contributed by atoms with Crippen molar-refractivity contribution in [1.29, 1.82) is 0 Å². The Morgan fingerprint density at radius 3 is 2.00 bits per heavy atom. The first-order chi connectivity index (χ1) is 11.3. The summed E-state index contributed by atoms with van der Waals surface area (Å²) in [6.07, 6.45) is 12.2. The molecule has 0 aromatic carbocycles. The number of ether oxygens (including phenoxy) is 2. The fourth-order valence-electron chi connectivity index (χ4n) is 2.77. The lowest BCUT2D eigenvalue weighted by molar-refractivity contribution is -0.233. The smallest absolute Gasteiger partial charge is 0.352 e. The summed E-state index contributed by atoms with van der Waals surface area (Å²) in [6, 6.07) is 0. The minimum Gasteiger partial charge on any atom is -0.352 e. The molecule has 0 bridgehead atoms. The number of hydrogen-bond acceptors (Lipinski definition) is 5. The second kappa shape index (κ2) is 11.4.